The van der Waals surface area contributed by atoms with Crippen LogP contribution in [0, 0.1) is 6.92 Å². The number of thiazole rings is 1. The van der Waals surface area contributed by atoms with Crippen LogP contribution in [0.2, 0.25) is 0 Å². The average Bonchev–Trinajstić information content (AvgIpc) is 2.88. The van der Waals surface area contributed by atoms with Crippen molar-refractivity contribution in [2.24, 2.45) is 0 Å². The zero-order chi connectivity index (χ0) is 12.5. The maximum Gasteiger partial charge on any atom is 0.254 e. The first-order chi connectivity index (χ1) is 8.01. The Balaban J connectivity index is 2.00. The standard InChI is InChI=1S/C12H18N2O2S/c1-9-8-17-10(13-9)7-14(2)11(15)12(16)5-3-4-6-12/h8,16H,3-7H2,1-2H3. The molecule has 1 aliphatic carbocycles. The average molecular weight is 254 g/mol. The second-order valence-corrected chi connectivity index (χ2v) is 5.73. The monoisotopic (exact) mass is 254 g/mol. The van der Waals surface area contributed by atoms with E-state index >= 15 is 0 Å². The highest BCUT2D eigenvalue weighted by Crippen LogP contribution is 2.31. The van der Waals surface area contributed by atoms with Crippen molar-refractivity contribution in [2.45, 2.75) is 44.8 Å². The molecule has 1 amide bonds. The molecule has 0 aliphatic heterocycles. The number of aliphatic hydroxyl groups is 1. The molecule has 0 unspecified atom stereocenters. The van der Waals surface area contributed by atoms with E-state index in [-0.39, 0.29) is 5.91 Å². The van der Waals surface area contributed by atoms with Crippen molar-refractivity contribution in [1.29, 1.82) is 0 Å². The van der Waals surface area contributed by atoms with Gasteiger partial charge in [0, 0.05) is 18.1 Å². The minimum Gasteiger partial charge on any atom is -0.380 e. The molecule has 2 rings (SSSR count). The minimum absolute atomic E-state index is 0.164. The molecule has 0 spiro atoms. The van der Waals surface area contributed by atoms with Crippen molar-refractivity contribution in [3.8, 4) is 0 Å². The number of amides is 1. The van der Waals surface area contributed by atoms with Crippen molar-refractivity contribution in [1.82, 2.24) is 9.88 Å². The van der Waals surface area contributed by atoms with Gasteiger partial charge in [0.2, 0.25) is 0 Å². The first-order valence-corrected chi connectivity index (χ1v) is 6.78. The number of aromatic nitrogens is 1. The Morgan fingerprint density at radius 3 is 2.76 bits per heavy atom. The Kier molecular flexibility index (Phi) is 3.49. The second kappa shape index (κ2) is 4.74. The third-order valence-electron chi connectivity index (χ3n) is 3.21. The molecule has 5 heteroatoms. The quantitative estimate of drug-likeness (QED) is 0.893. The van der Waals surface area contributed by atoms with E-state index in [9.17, 15) is 9.90 Å². The fourth-order valence-corrected chi connectivity index (χ4v) is 3.10. The molecule has 0 radical (unpaired) electrons. The van der Waals surface area contributed by atoms with Crippen LogP contribution in [0.3, 0.4) is 0 Å². The molecule has 1 N–H and O–H groups in total. The van der Waals surface area contributed by atoms with E-state index in [1.54, 1.807) is 23.3 Å². The predicted octanol–water partition coefficient (Wildman–Crippen LogP) is 1.72. The molecule has 17 heavy (non-hydrogen) atoms. The summed E-state index contributed by atoms with van der Waals surface area (Å²) in [6, 6.07) is 0. The van der Waals surface area contributed by atoms with Crippen LogP contribution in [0.15, 0.2) is 5.38 Å². The van der Waals surface area contributed by atoms with Gasteiger partial charge in [-0.2, -0.15) is 0 Å². The number of hydrogen-bond acceptors (Lipinski definition) is 4. The summed E-state index contributed by atoms with van der Waals surface area (Å²) < 4.78 is 0. The normalized spacial score (nSPS) is 18.3. The number of carbonyl (C=O) groups excluding carboxylic acids is 1. The van der Waals surface area contributed by atoms with Gasteiger partial charge in [-0.15, -0.1) is 11.3 Å². The molecule has 1 aromatic heterocycles. The zero-order valence-electron chi connectivity index (χ0n) is 10.3. The highest BCUT2D eigenvalue weighted by Gasteiger charge is 2.40. The lowest BCUT2D eigenvalue weighted by molar-refractivity contribution is -0.149. The number of aryl methyl sites for hydroxylation is 1. The molecule has 0 atom stereocenters. The van der Waals surface area contributed by atoms with Crippen molar-refractivity contribution < 1.29 is 9.90 Å². The SMILES string of the molecule is Cc1csc(CN(C)C(=O)C2(O)CCCC2)n1. The number of hydrogen-bond donors (Lipinski definition) is 1. The van der Waals surface area contributed by atoms with E-state index < -0.39 is 5.60 Å². The number of rotatable bonds is 3. The summed E-state index contributed by atoms with van der Waals surface area (Å²) >= 11 is 1.55. The molecule has 4 nitrogen and oxygen atoms in total. The Hall–Kier alpha value is -0.940. The fraction of sp³-hybridized carbons (Fsp3) is 0.667. The van der Waals surface area contributed by atoms with Crippen LogP contribution in [0.1, 0.15) is 36.4 Å². The van der Waals surface area contributed by atoms with Gasteiger partial charge in [0.25, 0.3) is 5.91 Å². The van der Waals surface area contributed by atoms with E-state index in [1.807, 2.05) is 12.3 Å². The Morgan fingerprint density at radius 1 is 1.59 bits per heavy atom. The van der Waals surface area contributed by atoms with Gasteiger partial charge in [-0.25, -0.2) is 4.98 Å². The van der Waals surface area contributed by atoms with E-state index in [1.165, 1.54) is 0 Å². The van der Waals surface area contributed by atoms with Gasteiger partial charge in [-0.05, 0) is 32.6 Å². The minimum atomic E-state index is -1.12. The highest BCUT2D eigenvalue weighted by molar-refractivity contribution is 7.09. The fourth-order valence-electron chi connectivity index (χ4n) is 2.28. The smallest absolute Gasteiger partial charge is 0.254 e. The van der Waals surface area contributed by atoms with E-state index in [0.717, 1.165) is 23.5 Å². The molecule has 1 saturated carbocycles. The molecule has 0 bridgehead atoms. The Bertz CT molecular complexity index is 410. The third-order valence-corrected chi connectivity index (χ3v) is 4.17. The summed E-state index contributed by atoms with van der Waals surface area (Å²) in [5, 5.41) is 13.1. The molecular formula is C12H18N2O2S. The van der Waals surface area contributed by atoms with E-state index in [4.69, 9.17) is 0 Å². The van der Waals surface area contributed by atoms with Gasteiger partial charge >= 0.3 is 0 Å². The van der Waals surface area contributed by atoms with Gasteiger partial charge in [-0.3, -0.25) is 4.79 Å². The topological polar surface area (TPSA) is 53.4 Å². The van der Waals surface area contributed by atoms with E-state index in [2.05, 4.69) is 4.98 Å². The molecular weight excluding hydrogens is 236 g/mol. The van der Waals surface area contributed by atoms with Crippen molar-refractivity contribution in [3.63, 3.8) is 0 Å². The largest absolute Gasteiger partial charge is 0.380 e. The molecule has 94 valence electrons. The van der Waals surface area contributed by atoms with Gasteiger partial charge in [0.1, 0.15) is 10.6 Å². The summed E-state index contributed by atoms with van der Waals surface area (Å²) in [5.74, 6) is -0.164. The van der Waals surface area contributed by atoms with Gasteiger partial charge in [0.05, 0.1) is 6.54 Å². The molecule has 0 aromatic carbocycles. The van der Waals surface area contributed by atoms with Crippen LogP contribution in [-0.4, -0.2) is 33.5 Å². The molecule has 0 saturated heterocycles. The molecule has 1 aliphatic rings. The highest BCUT2D eigenvalue weighted by atomic mass is 32.1. The van der Waals surface area contributed by atoms with Gasteiger partial charge in [0.15, 0.2) is 0 Å². The molecule has 1 heterocycles. The summed E-state index contributed by atoms with van der Waals surface area (Å²) in [6.45, 7) is 2.42. The lowest BCUT2D eigenvalue weighted by atomic mass is 10.0. The van der Waals surface area contributed by atoms with Crippen LogP contribution >= 0.6 is 11.3 Å². The lowest BCUT2D eigenvalue weighted by Gasteiger charge is -2.27. The number of likely N-dealkylation sites (N-methyl/N-ethyl adjacent to an activating group) is 1. The molecule has 1 aromatic rings. The Labute approximate surface area is 105 Å². The van der Waals surface area contributed by atoms with Crippen LogP contribution in [0.4, 0.5) is 0 Å². The van der Waals surface area contributed by atoms with Crippen molar-refractivity contribution >= 4 is 17.2 Å². The van der Waals surface area contributed by atoms with Crippen molar-refractivity contribution in [2.75, 3.05) is 7.05 Å². The van der Waals surface area contributed by atoms with Crippen LogP contribution in [0.5, 0.6) is 0 Å². The Morgan fingerprint density at radius 2 is 2.24 bits per heavy atom. The first kappa shape index (κ1) is 12.5. The number of carbonyl (C=O) groups is 1. The van der Waals surface area contributed by atoms with E-state index in [0.29, 0.717) is 19.4 Å². The van der Waals surface area contributed by atoms with Crippen molar-refractivity contribution in [3.05, 3.63) is 16.1 Å². The maximum atomic E-state index is 12.1. The summed E-state index contributed by atoms with van der Waals surface area (Å²) in [4.78, 5) is 18.0. The second-order valence-electron chi connectivity index (χ2n) is 4.78. The number of nitrogens with zero attached hydrogens (tertiary/aromatic N) is 2. The predicted molar refractivity (Wildman–Crippen MR) is 66.7 cm³/mol. The first-order valence-electron chi connectivity index (χ1n) is 5.90. The van der Waals surface area contributed by atoms with Crippen LogP contribution in [-0.2, 0) is 11.3 Å². The van der Waals surface area contributed by atoms with Gasteiger partial charge in [-0.1, -0.05) is 0 Å². The summed E-state index contributed by atoms with van der Waals surface area (Å²) in [7, 11) is 1.73. The lowest BCUT2D eigenvalue weighted by Crippen LogP contribution is -2.45. The molecule has 1 fully saturated rings. The third kappa shape index (κ3) is 2.66. The van der Waals surface area contributed by atoms with Gasteiger partial charge < -0.3 is 10.0 Å². The summed E-state index contributed by atoms with van der Waals surface area (Å²) in [5.41, 5.74) is -0.147. The summed E-state index contributed by atoms with van der Waals surface area (Å²) in [6.07, 6.45) is 3.05. The zero-order valence-corrected chi connectivity index (χ0v) is 11.1. The maximum absolute atomic E-state index is 12.1. The van der Waals surface area contributed by atoms with Crippen LogP contribution in [0.25, 0.3) is 0 Å². The van der Waals surface area contributed by atoms with Crippen LogP contribution < -0.4 is 0 Å².